The zero-order chi connectivity index (χ0) is 14.9. The van der Waals surface area contributed by atoms with Crippen molar-refractivity contribution in [3.8, 4) is 0 Å². The summed E-state index contributed by atoms with van der Waals surface area (Å²) in [6.45, 7) is 3.38. The van der Waals surface area contributed by atoms with Crippen LogP contribution in [-0.4, -0.2) is 18.6 Å². The first-order valence-electron chi connectivity index (χ1n) is 8.02. The van der Waals surface area contributed by atoms with Crippen molar-refractivity contribution in [2.24, 2.45) is 0 Å². The molecule has 0 saturated carbocycles. The van der Waals surface area contributed by atoms with E-state index in [9.17, 15) is 0 Å². The van der Waals surface area contributed by atoms with Gasteiger partial charge in [-0.15, -0.1) is 0 Å². The van der Waals surface area contributed by atoms with Gasteiger partial charge in [0.05, 0.1) is 0 Å². The Morgan fingerprint density at radius 3 is 2.52 bits per heavy atom. The molecular formula is C19H27NS. The Balaban J connectivity index is 1.75. The Kier molecular flexibility index (Phi) is 7.11. The van der Waals surface area contributed by atoms with Gasteiger partial charge in [0.2, 0.25) is 0 Å². The third kappa shape index (κ3) is 5.37. The van der Waals surface area contributed by atoms with Gasteiger partial charge in [-0.25, -0.2) is 0 Å². The predicted octanol–water partition coefficient (Wildman–Crippen LogP) is 5.41. The number of unbranched alkanes of at least 4 members (excludes halogenated alkanes) is 3. The van der Waals surface area contributed by atoms with Gasteiger partial charge in [-0.05, 0) is 60.7 Å². The van der Waals surface area contributed by atoms with Crippen LogP contribution in [0.15, 0.2) is 42.5 Å². The molecule has 0 amide bonds. The molecule has 0 heterocycles. The highest BCUT2D eigenvalue weighted by Crippen LogP contribution is 2.20. The summed E-state index contributed by atoms with van der Waals surface area (Å²) in [7, 11) is 0. The number of rotatable bonds is 9. The number of hydrogen-bond acceptors (Lipinski definition) is 2. The molecule has 0 spiro atoms. The van der Waals surface area contributed by atoms with E-state index in [0.29, 0.717) is 6.04 Å². The van der Waals surface area contributed by atoms with Crippen LogP contribution in [0.1, 0.15) is 44.2 Å². The third-order valence-corrected chi connectivity index (χ3v) is 4.70. The van der Waals surface area contributed by atoms with Crippen molar-refractivity contribution in [3.63, 3.8) is 0 Å². The molecule has 0 radical (unpaired) electrons. The highest BCUT2D eigenvalue weighted by molar-refractivity contribution is 7.98. The molecule has 21 heavy (non-hydrogen) atoms. The van der Waals surface area contributed by atoms with Crippen LogP contribution in [0.25, 0.3) is 10.8 Å². The Morgan fingerprint density at radius 1 is 0.952 bits per heavy atom. The van der Waals surface area contributed by atoms with E-state index in [1.165, 1.54) is 47.8 Å². The molecule has 1 nitrogen and oxygen atoms in total. The Bertz CT molecular complexity index is 538. The van der Waals surface area contributed by atoms with Crippen LogP contribution in [-0.2, 0) is 0 Å². The maximum absolute atomic E-state index is 3.65. The fourth-order valence-corrected chi connectivity index (χ4v) is 3.13. The first-order valence-corrected chi connectivity index (χ1v) is 9.41. The highest BCUT2D eigenvalue weighted by Gasteiger charge is 2.05. The van der Waals surface area contributed by atoms with Crippen LogP contribution < -0.4 is 5.32 Å². The van der Waals surface area contributed by atoms with Gasteiger partial charge in [0.25, 0.3) is 0 Å². The lowest BCUT2D eigenvalue weighted by Crippen LogP contribution is -2.19. The van der Waals surface area contributed by atoms with Crippen molar-refractivity contribution in [1.82, 2.24) is 5.32 Å². The van der Waals surface area contributed by atoms with Crippen LogP contribution >= 0.6 is 11.8 Å². The number of hydrogen-bond donors (Lipinski definition) is 1. The van der Waals surface area contributed by atoms with Gasteiger partial charge in [0, 0.05) is 6.04 Å². The van der Waals surface area contributed by atoms with Crippen molar-refractivity contribution in [2.45, 2.75) is 38.6 Å². The van der Waals surface area contributed by atoms with Crippen molar-refractivity contribution >= 4 is 22.5 Å². The lowest BCUT2D eigenvalue weighted by molar-refractivity contribution is 0.537. The van der Waals surface area contributed by atoms with Gasteiger partial charge in [-0.2, -0.15) is 11.8 Å². The molecule has 114 valence electrons. The first-order chi connectivity index (χ1) is 10.3. The topological polar surface area (TPSA) is 12.0 Å². The zero-order valence-corrected chi connectivity index (χ0v) is 14.1. The van der Waals surface area contributed by atoms with Gasteiger partial charge in [-0.3, -0.25) is 0 Å². The second kappa shape index (κ2) is 9.11. The molecule has 2 aromatic rings. The minimum atomic E-state index is 0.431. The Hall–Kier alpha value is -0.990. The number of thioether (sulfide) groups is 1. The van der Waals surface area contributed by atoms with E-state index in [1.54, 1.807) is 0 Å². The SMILES string of the molecule is CSCCCCCCNC(C)c1ccc2ccccc2c1. The average molecular weight is 301 g/mol. The lowest BCUT2D eigenvalue weighted by Gasteiger charge is -2.15. The van der Waals surface area contributed by atoms with E-state index in [1.807, 2.05) is 11.8 Å². The normalized spacial score (nSPS) is 12.7. The molecule has 0 aromatic heterocycles. The van der Waals surface area contributed by atoms with Crippen molar-refractivity contribution in [1.29, 1.82) is 0 Å². The molecule has 0 aliphatic heterocycles. The molecule has 0 saturated heterocycles. The van der Waals surface area contributed by atoms with E-state index in [2.05, 4.69) is 61.0 Å². The standard InChI is InChI=1S/C19H27NS/c1-16(20-13-7-3-4-8-14-21-2)18-12-11-17-9-5-6-10-19(17)15-18/h5-6,9-12,15-16,20H,3-4,7-8,13-14H2,1-2H3. The molecular weight excluding hydrogens is 274 g/mol. The zero-order valence-electron chi connectivity index (χ0n) is 13.3. The molecule has 2 aromatic carbocycles. The average Bonchev–Trinajstić information content (AvgIpc) is 2.53. The lowest BCUT2D eigenvalue weighted by atomic mass is 10.0. The summed E-state index contributed by atoms with van der Waals surface area (Å²) in [5.41, 5.74) is 1.39. The second-order valence-corrected chi connectivity index (χ2v) is 6.68. The van der Waals surface area contributed by atoms with E-state index < -0.39 is 0 Å². The summed E-state index contributed by atoms with van der Waals surface area (Å²) < 4.78 is 0. The van der Waals surface area contributed by atoms with Crippen molar-refractivity contribution < 1.29 is 0 Å². The quantitative estimate of drug-likeness (QED) is 0.621. The minimum Gasteiger partial charge on any atom is -0.310 e. The monoisotopic (exact) mass is 301 g/mol. The molecule has 1 N–H and O–H groups in total. The van der Waals surface area contributed by atoms with E-state index in [4.69, 9.17) is 0 Å². The largest absolute Gasteiger partial charge is 0.310 e. The number of fused-ring (bicyclic) bond motifs is 1. The van der Waals surface area contributed by atoms with Crippen LogP contribution in [0.2, 0.25) is 0 Å². The highest BCUT2D eigenvalue weighted by atomic mass is 32.2. The summed E-state index contributed by atoms with van der Waals surface area (Å²) in [6.07, 6.45) is 7.55. The first kappa shape index (κ1) is 16.4. The van der Waals surface area contributed by atoms with Crippen LogP contribution in [0.4, 0.5) is 0 Å². The maximum Gasteiger partial charge on any atom is 0.0292 e. The number of benzene rings is 2. The molecule has 0 aliphatic carbocycles. The Morgan fingerprint density at radius 2 is 1.71 bits per heavy atom. The smallest absolute Gasteiger partial charge is 0.0292 e. The molecule has 1 unspecified atom stereocenters. The van der Waals surface area contributed by atoms with Crippen LogP contribution in [0.5, 0.6) is 0 Å². The van der Waals surface area contributed by atoms with Crippen molar-refractivity contribution in [3.05, 3.63) is 48.0 Å². The summed E-state index contributed by atoms with van der Waals surface area (Å²) in [5.74, 6) is 1.31. The molecule has 0 bridgehead atoms. The van der Waals surface area contributed by atoms with Crippen LogP contribution in [0, 0.1) is 0 Å². The Labute approximate surface area is 133 Å². The maximum atomic E-state index is 3.65. The molecule has 2 heteroatoms. The molecule has 0 aliphatic rings. The summed E-state index contributed by atoms with van der Waals surface area (Å²) >= 11 is 1.95. The predicted molar refractivity (Wildman–Crippen MR) is 97.2 cm³/mol. The summed E-state index contributed by atoms with van der Waals surface area (Å²) in [6, 6.07) is 15.8. The van der Waals surface area contributed by atoms with Crippen LogP contribution in [0.3, 0.4) is 0 Å². The van der Waals surface area contributed by atoms with Gasteiger partial charge >= 0.3 is 0 Å². The van der Waals surface area contributed by atoms with Gasteiger partial charge in [-0.1, -0.05) is 49.2 Å². The van der Waals surface area contributed by atoms with E-state index >= 15 is 0 Å². The summed E-state index contributed by atoms with van der Waals surface area (Å²) in [5, 5.41) is 6.30. The van der Waals surface area contributed by atoms with E-state index in [0.717, 1.165) is 6.54 Å². The molecule has 1 atom stereocenters. The van der Waals surface area contributed by atoms with E-state index in [-0.39, 0.29) is 0 Å². The van der Waals surface area contributed by atoms with Gasteiger partial charge in [0.1, 0.15) is 0 Å². The van der Waals surface area contributed by atoms with Gasteiger partial charge in [0.15, 0.2) is 0 Å². The second-order valence-electron chi connectivity index (χ2n) is 5.69. The fraction of sp³-hybridized carbons (Fsp3) is 0.474. The third-order valence-electron chi connectivity index (χ3n) is 4.00. The molecule has 2 rings (SSSR count). The van der Waals surface area contributed by atoms with Crippen molar-refractivity contribution in [2.75, 3.05) is 18.6 Å². The fourth-order valence-electron chi connectivity index (χ4n) is 2.64. The van der Waals surface area contributed by atoms with Gasteiger partial charge < -0.3 is 5.32 Å². The molecule has 0 fully saturated rings. The minimum absolute atomic E-state index is 0.431. The number of nitrogens with one attached hydrogen (secondary N) is 1. The summed E-state index contributed by atoms with van der Waals surface area (Å²) in [4.78, 5) is 0.